The number of nitrogens with zero attached hydrogens (tertiary/aromatic N) is 1. The molecule has 2 unspecified atom stereocenters. The van der Waals surface area contributed by atoms with Crippen LogP contribution in [-0.2, 0) is 17.9 Å². The van der Waals surface area contributed by atoms with Crippen molar-refractivity contribution in [1.82, 2.24) is 10.2 Å². The lowest BCUT2D eigenvalue weighted by molar-refractivity contribution is -0.142. The molecule has 0 saturated carbocycles. The van der Waals surface area contributed by atoms with E-state index in [0.717, 1.165) is 18.7 Å². The van der Waals surface area contributed by atoms with Gasteiger partial charge in [-0.15, -0.1) is 0 Å². The molecule has 1 aromatic carbocycles. The van der Waals surface area contributed by atoms with Crippen molar-refractivity contribution in [3.05, 3.63) is 34.9 Å². The van der Waals surface area contributed by atoms with E-state index in [2.05, 4.69) is 5.32 Å². The minimum Gasteiger partial charge on any atom is -0.481 e. The van der Waals surface area contributed by atoms with Crippen LogP contribution in [0.4, 0.5) is 0 Å². The van der Waals surface area contributed by atoms with E-state index in [-0.39, 0.29) is 11.8 Å². The highest BCUT2D eigenvalue weighted by atomic mass is 16.4. The SMILES string of the molecule is CC1CN(C(=O)c2ccc3c(c2)CNC3)CC1C(=O)O. The molecule has 2 heterocycles. The molecule has 0 radical (unpaired) electrons. The third kappa shape index (κ3) is 2.18. The Hall–Kier alpha value is -1.88. The van der Waals surface area contributed by atoms with Crippen molar-refractivity contribution >= 4 is 11.9 Å². The smallest absolute Gasteiger partial charge is 0.308 e. The molecule has 0 spiro atoms. The van der Waals surface area contributed by atoms with Crippen molar-refractivity contribution in [2.45, 2.75) is 20.0 Å². The molecule has 2 atom stereocenters. The first-order valence-electron chi connectivity index (χ1n) is 6.91. The first kappa shape index (κ1) is 13.1. The van der Waals surface area contributed by atoms with Gasteiger partial charge in [0.15, 0.2) is 0 Å². The van der Waals surface area contributed by atoms with Gasteiger partial charge in [-0.25, -0.2) is 0 Å². The van der Waals surface area contributed by atoms with Gasteiger partial charge in [0.05, 0.1) is 5.92 Å². The van der Waals surface area contributed by atoms with E-state index in [9.17, 15) is 9.59 Å². The summed E-state index contributed by atoms with van der Waals surface area (Å²) in [6.45, 7) is 4.37. The normalized spacial score (nSPS) is 24.8. The Bertz CT molecular complexity index is 570. The van der Waals surface area contributed by atoms with Crippen molar-refractivity contribution in [2.24, 2.45) is 11.8 Å². The largest absolute Gasteiger partial charge is 0.481 e. The number of rotatable bonds is 2. The van der Waals surface area contributed by atoms with Crippen LogP contribution in [0.2, 0.25) is 0 Å². The van der Waals surface area contributed by atoms with E-state index in [4.69, 9.17) is 5.11 Å². The fraction of sp³-hybridized carbons (Fsp3) is 0.467. The zero-order chi connectivity index (χ0) is 14.3. The Balaban J connectivity index is 1.78. The van der Waals surface area contributed by atoms with Crippen molar-refractivity contribution in [3.8, 4) is 0 Å². The molecular weight excluding hydrogens is 256 g/mol. The second-order valence-electron chi connectivity index (χ2n) is 5.72. The first-order valence-corrected chi connectivity index (χ1v) is 6.91. The van der Waals surface area contributed by atoms with E-state index in [1.165, 1.54) is 5.56 Å². The Morgan fingerprint density at radius 3 is 2.70 bits per heavy atom. The maximum atomic E-state index is 12.5. The first-order chi connectivity index (χ1) is 9.56. The molecule has 0 aliphatic carbocycles. The van der Waals surface area contributed by atoms with Crippen LogP contribution in [0, 0.1) is 11.8 Å². The maximum absolute atomic E-state index is 12.5. The molecular formula is C15H18N2O3. The molecule has 1 amide bonds. The zero-order valence-electron chi connectivity index (χ0n) is 11.4. The molecule has 1 saturated heterocycles. The third-order valence-electron chi connectivity index (χ3n) is 4.30. The fourth-order valence-corrected chi connectivity index (χ4v) is 3.06. The number of carbonyl (C=O) groups is 2. The number of fused-ring (bicyclic) bond motifs is 1. The highest BCUT2D eigenvalue weighted by Crippen LogP contribution is 2.25. The number of hydrogen-bond donors (Lipinski definition) is 2. The molecule has 1 aromatic rings. The van der Waals surface area contributed by atoms with Crippen LogP contribution in [-0.4, -0.2) is 35.0 Å². The number of amides is 1. The van der Waals surface area contributed by atoms with Gasteiger partial charge >= 0.3 is 5.97 Å². The van der Waals surface area contributed by atoms with E-state index in [1.807, 2.05) is 25.1 Å². The number of benzene rings is 1. The quantitative estimate of drug-likeness (QED) is 0.847. The van der Waals surface area contributed by atoms with Gasteiger partial charge in [-0.3, -0.25) is 9.59 Å². The lowest BCUT2D eigenvalue weighted by Gasteiger charge is -2.16. The molecule has 2 N–H and O–H groups in total. The van der Waals surface area contributed by atoms with E-state index < -0.39 is 11.9 Å². The molecule has 0 bridgehead atoms. The van der Waals surface area contributed by atoms with E-state index in [1.54, 1.807) is 4.90 Å². The van der Waals surface area contributed by atoms with Crippen LogP contribution in [0.3, 0.4) is 0 Å². The average Bonchev–Trinajstić information content (AvgIpc) is 3.02. The van der Waals surface area contributed by atoms with E-state index in [0.29, 0.717) is 18.7 Å². The summed E-state index contributed by atoms with van der Waals surface area (Å²) >= 11 is 0. The summed E-state index contributed by atoms with van der Waals surface area (Å²) in [5, 5.41) is 12.4. The second kappa shape index (κ2) is 4.90. The van der Waals surface area contributed by atoms with Gasteiger partial charge in [-0.2, -0.15) is 0 Å². The Labute approximate surface area is 117 Å². The number of likely N-dealkylation sites (tertiary alicyclic amines) is 1. The number of carboxylic acid groups (broad SMARTS) is 1. The zero-order valence-corrected chi connectivity index (χ0v) is 11.4. The van der Waals surface area contributed by atoms with Crippen molar-refractivity contribution in [3.63, 3.8) is 0 Å². The molecule has 106 valence electrons. The molecule has 5 heteroatoms. The number of carbonyl (C=O) groups excluding carboxylic acids is 1. The standard InChI is InChI=1S/C15H18N2O3/c1-9-7-17(8-13(9)15(19)20)14(18)10-2-3-11-5-16-6-12(11)4-10/h2-4,9,13,16H,5-8H2,1H3,(H,19,20). The lowest BCUT2D eigenvalue weighted by atomic mass is 9.99. The topological polar surface area (TPSA) is 69.6 Å². The van der Waals surface area contributed by atoms with Gasteiger partial charge in [0.2, 0.25) is 0 Å². The average molecular weight is 274 g/mol. The highest BCUT2D eigenvalue weighted by Gasteiger charge is 2.37. The summed E-state index contributed by atoms with van der Waals surface area (Å²) in [5.74, 6) is -1.32. The van der Waals surface area contributed by atoms with Gasteiger partial charge in [0, 0.05) is 31.7 Å². The van der Waals surface area contributed by atoms with Crippen LogP contribution < -0.4 is 5.32 Å². The number of hydrogen-bond acceptors (Lipinski definition) is 3. The van der Waals surface area contributed by atoms with Crippen LogP contribution in [0.5, 0.6) is 0 Å². The minimum absolute atomic E-state index is 0.00699. The summed E-state index contributed by atoms with van der Waals surface area (Å²) in [6, 6.07) is 5.75. The van der Waals surface area contributed by atoms with Gasteiger partial charge < -0.3 is 15.3 Å². The Morgan fingerprint density at radius 2 is 2.00 bits per heavy atom. The van der Waals surface area contributed by atoms with Crippen molar-refractivity contribution in [2.75, 3.05) is 13.1 Å². The summed E-state index contributed by atoms with van der Waals surface area (Å²) < 4.78 is 0. The molecule has 0 aromatic heterocycles. The maximum Gasteiger partial charge on any atom is 0.308 e. The van der Waals surface area contributed by atoms with Crippen LogP contribution in [0.15, 0.2) is 18.2 Å². The molecule has 2 aliphatic heterocycles. The van der Waals surface area contributed by atoms with E-state index >= 15 is 0 Å². The van der Waals surface area contributed by atoms with Gasteiger partial charge in [-0.05, 0) is 29.2 Å². The van der Waals surface area contributed by atoms with Gasteiger partial charge in [-0.1, -0.05) is 13.0 Å². The van der Waals surface area contributed by atoms with Crippen LogP contribution >= 0.6 is 0 Å². The third-order valence-corrected chi connectivity index (χ3v) is 4.30. The van der Waals surface area contributed by atoms with Crippen LogP contribution in [0.25, 0.3) is 0 Å². The number of aliphatic carboxylic acids is 1. The monoisotopic (exact) mass is 274 g/mol. The Morgan fingerprint density at radius 1 is 1.25 bits per heavy atom. The van der Waals surface area contributed by atoms with Crippen LogP contribution in [0.1, 0.15) is 28.4 Å². The fourth-order valence-electron chi connectivity index (χ4n) is 3.06. The number of nitrogens with one attached hydrogen (secondary N) is 1. The summed E-state index contributed by atoms with van der Waals surface area (Å²) in [6.07, 6.45) is 0. The van der Waals surface area contributed by atoms with Crippen molar-refractivity contribution in [1.29, 1.82) is 0 Å². The molecule has 5 nitrogen and oxygen atoms in total. The predicted octanol–water partition coefficient (Wildman–Crippen LogP) is 1.08. The number of carboxylic acids is 1. The summed E-state index contributed by atoms with van der Waals surface area (Å²) in [4.78, 5) is 25.3. The Kier molecular flexibility index (Phi) is 3.22. The van der Waals surface area contributed by atoms with Crippen molar-refractivity contribution < 1.29 is 14.7 Å². The lowest BCUT2D eigenvalue weighted by Crippen LogP contribution is -2.30. The molecule has 20 heavy (non-hydrogen) atoms. The van der Waals surface area contributed by atoms with Gasteiger partial charge in [0.25, 0.3) is 5.91 Å². The predicted molar refractivity (Wildman–Crippen MR) is 73.2 cm³/mol. The molecule has 3 rings (SSSR count). The highest BCUT2D eigenvalue weighted by molar-refractivity contribution is 5.95. The summed E-state index contributed by atoms with van der Waals surface area (Å²) in [7, 11) is 0. The second-order valence-corrected chi connectivity index (χ2v) is 5.72. The minimum atomic E-state index is -0.814. The van der Waals surface area contributed by atoms with Gasteiger partial charge in [0.1, 0.15) is 0 Å². The summed E-state index contributed by atoms with van der Waals surface area (Å²) in [5.41, 5.74) is 3.06. The molecule has 1 fully saturated rings. The molecule has 2 aliphatic rings.